The molecule has 128 valence electrons. The van der Waals surface area contributed by atoms with E-state index in [-0.39, 0.29) is 17.9 Å². The monoisotopic (exact) mass is 328 g/mol. The van der Waals surface area contributed by atoms with Crippen molar-refractivity contribution in [2.75, 3.05) is 50.5 Å². The zero-order valence-electron chi connectivity index (χ0n) is 14.5. The van der Waals surface area contributed by atoms with E-state index in [1.165, 1.54) is 0 Å². The highest BCUT2D eigenvalue weighted by molar-refractivity contribution is 6.05. The third-order valence-corrected chi connectivity index (χ3v) is 5.78. The molecule has 1 N–H and O–H groups in total. The van der Waals surface area contributed by atoms with Gasteiger partial charge in [0.2, 0.25) is 5.91 Å². The number of rotatable bonds is 1. The average Bonchev–Trinajstić information content (AvgIpc) is 2.96. The second-order valence-electron chi connectivity index (χ2n) is 7.66. The van der Waals surface area contributed by atoms with Gasteiger partial charge >= 0.3 is 0 Å². The molecule has 4 rings (SSSR count). The van der Waals surface area contributed by atoms with Crippen LogP contribution in [0.15, 0.2) is 18.2 Å². The lowest BCUT2D eigenvalue weighted by Gasteiger charge is -2.46. The van der Waals surface area contributed by atoms with Gasteiger partial charge in [0.15, 0.2) is 0 Å². The maximum atomic E-state index is 12.9. The van der Waals surface area contributed by atoms with Gasteiger partial charge in [-0.15, -0.1) is 0 Å². The summed E-state index contributed by atoms with van der Waals surface area (Å²) in [4.78, 5) is 31.1. The Morgan fingerprint density at radius 1 is 1.25 bits per heavy atom. The number of carbonyl (C=O) groups excluding carboxylic acids is 2. The minimum atomic E-state index is -0.201. The van der Waals surface area contributed by atoms with Crippen LogP contribution in [-0.4, -0.2) is 67.9 Å². The van der Waals surface area contributed by atoms with E-state index < -0.39 is 0 Å². The summed E-state index contributed by atoms with van der Waals surface area (Å²) in [5.74, 6) is 0.0342. The third kappa shape index (κ3) is 2.28. The Morgan fingerprint density at radius 2 is 2.00 bits per heavy atom. The van der Waals surface area contributed by atoms with Crippen molar-refractivity contribution in [3.05, 3.63) is 23.8 Å². The van der Waals surface area contributed by atoms with Gasteiger partial charge in [-0.3, -0.25) is 9.59 Å². The predicted octanol–water partition coefficient (Wildman–Crippen LogP) is 1.24. The molecule has 3 aliphatic rings. The fourth-order valence-electron chi connectivity index (χ4n) is 4.35. The van der Waals surface area contributed by atoms with E-state index in [2.05, 4.69) is 17.3 Å². The van der Waals surface area contributed by atoms with Crippen molar-refractivity contribution >= 4 is 23.2 Å². The molecule has 1 spiro atoms. The van der Waals surface area contributed by atoms with E-state index in [4.69, 9.17) is 0 Å². The molecule has 1 unspecified atom stereocenters. The number of likely N-dealkylation sites (N-methyl/N-ethyl adjacent to an activating group) is 1. The topological polar surface area (TPSA) is 55.9 Å². The van der Waals surface area contributed by atoms with Gasteiger partial charge < -0.3 is 20.0 Å². The first-order valence-corrected chi connectivity index (χ1v) is 8.54. The molecule has 0 aromatic heterocycles. The molecule has 0 radical (unpaired) electrons. The molecule has 24 heavy (non-hydrogen) atoms. The SMILES string of the molecule is CC1C(=O)Nc2cc(C(=O)N3CCC4(CN(C)C4)C3)ccc2N1C. The van der Waals surface area contributed by atoms with E-state index in [0.29, 0.717) is 11.0 Å². The van der Waals surface area contributed by atoms with Crippen LogP contribution in [0.5, 0.6) is 0 Å². The molecule has 2 fully saturated rings. The molecule has 1 atom stereocenters. The molecule has 3 aliphatic heterocycles. The number of likely N-dealkylation sites (tertiary alicyclic amines) is 2. The quantitative estimate of drug-likeness (QED) is 0.843. The lowest BCUT2D eigenvalue weighted by molar-refractivity contribution is -0.117. The van der Waals surface area contributed by atoms with Crippen molar-refractivity contribution in [2.24, 2.45) is 5.41 Å². The zero-order valence-corrected chi connectivity index (χ0v) is 14.5. The predicted molar refractivity (Wildman–Crippen MR) is 93.4 cm³/mol. The molecule has 2 saturated heterocycles. The van der Waals surface area contributed by atoms with Crippen LogP contribution in [0.25, 0.3) is 0 Å². The number of hydrogen-bond acceptors (Lipinski definition) is 4. The minimum absolute atomic E-state index is 0.0350. The van der Waals surface area contributed by atoms with Crippen LogP contribution in [0, 0.1) is 5.41 Å². The number of nitrogens with zero attached hydrogens (tertiary/aromatic N) is 3. The Balaban J connectivity index is 1.54. The Bertz CT molecular complexity index is 711. The van der Waals surface area contributed by atoms with Crippen LogP contribution in [0.3, 0.4) is 0 Å². The highest BCUT2D eigenvalue weighted by Gasteiger charge is 2.47. The first-order chi connectivity index (χ1) is 11.4. The van der Waals surface area contributed by atoms with Crippen molar-refractivity contribution in [3.8, 4) is 0 Å². The van der Waals surface area contributed by atoms with Gasteiger partial charge in [-0.25, -0.2) is 0 Å². The van der Waals surface area contributed by atoms with Crippen LogP contribution in [0.2, 0.25) is 0 Å². The second kappa shape index (κ2) is 5.21. The summed E-state index contributed by atoms with van der Waals surface area (Å²) in [7, 11) is 4.03. The van der Waals surface area contributed by atoms with E-state index in [1.807, 2.05) is 42.0 Å². The highest BCUT2D eigenvalue weighted by atomic mass is 16.2. The largest absolute Gasteiger partial charge is 0.361 e. The number of carbonyl (C=O) groups is 2. The Labute approximate surface area is 142 Å². The van der Waals surface area contributed by atoms with Crippen LogP contribution >= 0.6 is 0 Å². The average molecular weight is 328 g/mol. The maximum absolute atomic E-state index is 12.9. The van der Waals surface area contributed by atoms with E-state index in [0.717, 1.165) is 44.0 Å². The normalized spacial score (nSPS) is 25.5. The number of benzene rings is 1. The summed E-state index contributed by atoms with van der Waals surface area (Å²) in [6.45, 7) is 5.71. The molecule has 0 aliphatic carbocycles. The molecule has 1 aromatic carbocycles. The number of nitrogens with one attached hydrogen (secondary N) is 1. The summed E-state index contributed by atoms with van der Waals surface area (Å²) in [5, 5.41) is 2.91. The molecule has 3 heterocycles. The second-order valence-corrected chi connectivity index (χ2v) is 7.66. The van der Waals surface area contributed by atoms with Crippen molar-refractivity contribution in [3.63, 3.8) is 0 Å². The lowest BCUT2D eigenvalue weighted by atomic mass is 9.79. The number of amides is 2. The molecule has 2 amide bonds. The fourth-order valence-corrected chi connectivity index (χ4v) is 4.35. The summed E-state index contributed by atoms with van der Waals surface area (Å²) in [6.07, 6.45) is 1.09. The van der Waals surface area contributed by atoms with Gasteiger partial charge in [-0.05, 0) is 38.6 Å². The Kier molecular flexibility index (Phi) is 3.35. The molecular formula is C18H24N4O2. The molecule has 6 heteroatoms. The summed E-state index contributed by atoms with van der Waals surface area (Å²) < 4.78 is 0. The van der Waals surface area contributed by atoms with Crippen LogP contribution in [0.4, 0.5) is 11.4 Å². The maximum Gasteiger partial charge on any atom is 0.253 e. The zero-order chi connectivity index (χ0) is 17.1. The first-order valence-electron chi connectivity index (χ1n) is 8.54. The number of anilines is 2. The standard InChI is InChI=1S/C18H24N4O2/c1-12-16(23)19-14-8-13(4-5-15(14)21(12)3)17(24)22-7-6-18(11-22)9-20(2)10-18/h4-5,8,12H,6-7,9-11H2,1-3H3,(H,19,23). The van der Waals surface area contributed by atoms with Gasteiger partial charge in [-0.2, -0.15) is 0 Å². The van der Waals surface area contributed by atoms with Crippen molar-refractivity contribution in [2.45, 2.75) is 19.4 Å². The smallest absolute Gasteiger partial charge is 0.253 e. The first kappa shape index (κ1) is 15.4. The number of hydrogen-bond donors (Lipinski definition) is 1. The lowest BCUT2D eigenvalue weighted by Crippen LogP contribution is -2.55. The Morgan fingerprint density at radius 3 is 2.71 bits per heavy atom. The molecule has 1 aromatic rings. The molecule has 0 bridgehead atoms. The van der Waals surface area contributed by atoms with E-state index >= 15 is 0 Å². The van der Waals surface area contributed by atoms with Crippen LogP contribution < -0.4 is 10.2 Å². The van der Waals surface area contributed by atoms with Gasteiger partial charge in [0, 0.05) is 44.2 Å². The highest BCUT2D eigenvalue weighted by Crippen LogP contribution is 2.39. The third-order valence-electron chi connectivity index (χ3n) is 5.78. The van der Waals surface area contributed by atoms with Gasteiger partial charge in [-0.1, -0.05) is 0 Å². The van der Waals surface area contributed by atoms with Crippen LogP contribution in [0.1, 0.15) is 23.7 Å². The Hall–Kier alpha value is -2.08. The van der Waals surface area contributed by atoms with Gasteiger partial charge in [0.05, 0.1) is 11.4 Å². The van der Waals surface area contributed by atoms with Crippen molar-refractivity contribution in [1.29, 1.82) is 0 Å². The summed E-state index contributed by atoms with van der Waals surface area (Å²) >= 11 is 0. The minimum Gasteiger partial charge on any atom is -0.361 e. The molecule has 6 nitrogen and oxygen atoms in total. The van der Waals surface area contributed by atoms with Gasteiger partial charge in [0.1, 0.15) is 6.04 Å². The summed E-state index contributed by atoms with van der Waals surface area (Å²) in [6, 6.07) is 5.42. The number of fused-ring (bicyclic) bond motifs is 1. The summed E-state index contributed by atoms with van der Waals surface area (Å²) in [5.41, 5.74) is 2.64. The fraction of sp³-hybridized carbons (Fsp3) is 0.556. The van der Waals surface area contributed by atoms with E-state index in [9.17, 15) is 9.59 Å². The van der Waals surface area contributed by atoms with Crippen LogP contribution in [-0.2, 0) is 4.79 Å². The van der Waals surface area contributed by atoms with Crippen molar-refractivity contribution < 1.29 is 9.59 Å². The van der Waals surface area contributed by atoms with Crippen molar-refractivity contribution in [1.82, 2.24) is 9.80 Å². The van der Waals surface area contributed by atoms with E-state index in [1.54, 1.807) is 0 Å². The molecule has 0 saturated carbocycles. The van der Waals surface area contributed by atoms with Gasteiger partial charge in [0.25, 0.3) is 5.91 Å². The molecular weight excluding hydrogens is 304 g/mol.